The molecule has 0 aromatic heterocycles. The highest BCUT2D eigenvalue weighted by Crippen LogP contribution is 2.25. The molecule has 0 aromatic carbocycles. The molecule has 0 amide bonds. The predicted molar refractivity (Wildman–Crippen MR) is 47.4 cm³/mol. The number of hydrogen-bond acceptors (Lipinski definition) is 1. The molecule has 0 aliphatic heterocycles. The fourth-order valence-electron chi connectivity index (χ4n) is 1.31. The van der Waals surface area contributed by atoms with Gasteiger partial charge in [0.25, 0.3) is 0 Å². The first kappa shape index (κ1) is 8.54. The van der Waals surface area contributed by atoms with Gasteiger partial charge < -0.3 is 5.11 Å². The maximum absolute atomic E-state index is 9.49. The number of rotatable bonds is 0. The molecule has 1 unspecified atom stereocenters. The van der Waals surface area contributed by atoms with Crippen LogP contribution in [0.3, 0.4) is 0 Å². The minimum atomic E-state index is -0.228. The molecule has 0 aromatic rings. The van der Waals surface area contributed by atoms with Crippen molar-refractivity contribution >= 4 is 0 Å². The number of hydrogen-bond donors (Lipinski definition) is 1. The van der Waals surface area contributed by atoms with Gasteiger partial charge in [-0.3, -0.25) is 0 Å². The first-order chi connectivity index (χ1) is 5.11. The maximum atomic E-state index is 9.49. The van der Waals surface area contributed by atoms with E-state index in [1.807, 2.05) is 6.92 Å². The Hall–Kier alpha value is -0.560. The smallest absolute Gasteiger partial charge is 0.0784 e. The van der Waals surface area contributed by atoms with E-state index >= 15 is 0 Å². The highest BCUT2D eigenvalue weighted by Gasteiger charge is 2.14. The van der Waals surface area contributed by atoms with Crippen LogP contribution in [0.15, 0.2) is 22.8 Å². The normalized spacial score (nSPS) is 24.9. The van der Waals surface area contributed by atoms with Crippen LogP contribution in [-0.2, 0) is 0 Å². The Morgan fingerprint density at radius 3 is 2.64 bits per heavy atom. The van der Waals surface area contributed by atoms with Gasteiger partial charge in [0.15, 0.2) is 0 Å². The molecule has 1 aliphatic rings. The summed E-state index contributed by atoms with van der Waals surface area (Å²) in [5.74, 6) is 0. The third kappa shape index (κ3) is 1.93. The van der Waals surface area contributed by atoms with Gasteiger partial charge in [-0.15, -0.1) is 0 Å². The van der Waals surface area contributed by atoms with E-state index in [0.717, 1.165) is 18.4 Å². The van der Waals surface area contributed by atoms with E-state index in [1.165, 1.54) is 11.1 Å². The fraction of sp³-hybridized carbons (Fsp3) is 0.600. The summed E-state index contributed by atoms with van der Waals surface area (Å²) in [5, 5.41) is 9.49. The molecule has 1 heteroatoms. The van der Waals surface area contributed by atoms with Crippen molar-refractivity contribution in [2.75, 3.05) is 0 Å². The third-order valence-electron chi connectivity index (χ3n) is 2.34. The highest BCUT2D eigenvalue weighted by molar-refractivity contribution is 5.24. The third-order valence-corrected chi connectivity index (χ3v) is 2.34. The molecule has 0 saturated heterocycles. The zero-order valence-electron chi connectivity index (χ0n) is 7.52. The minimum Gasteiger partial charge on any atom is -0.388 e. The Morgan fingerprint density at radius 2 is 2.18 bits per heavy atom. The monoisotopic (exact) mass is 152 g/mol. The van der Waals surface area contributed by atoms with Gasteiger partial charge in [-0.2, -0.15) is 0 Å². The maximum Gasteiger partial charge on any atom is 0.0784 e. The standard InChI is InChI=1S/C10H16O/c1-7(2)9-5-4-8(3)10(11)6-9/h4,10-11H,5-6H2,1-3H3. The molecule has 1 aliphatic carbocycles. The average molecular weight is 152 g/mol. The second-order valence-electron chi connectivity index (χ2n) is 3.48. The van der Waals surface area contributed by atoms with Gasteiger partial charge in [-0.25, -0.2) is 0 Å². The molecular weight excluding hydrogens is 136 g/mol. The van der Waals surface area contributed by atoms with Crippen LogP contribution in [-0.4, -0.2) is 11.2 Å². The second-order valence-corrected chi connectivity index (χ2v) is 3.48. The summed E-state index contributed by atoms with van der Waals surface area (Å²) in [6.07, 6.45) is 3.76. The van der Waals surface area contributed by atoms with Crippen LogP contribution in [0.2, 0.25) is 0 Å². The van der Waals surface area contributed by atoms with Crippen molar-refractivity contribution in [3.05, 3.63) is 22.8 Å². The van der Waals surface area contributed by atoms with E-state index in [0.29, 0.717) is 0 Å². The van der Waals surface area contributed by atoms with Gasteiger partial charge >= 0.3 is 0 Å². The van der Waals surface area contributed by atoms with Gasteiger partial charge in [0, 0.05) is 0 Å². The van der Waals surface area contributed by atoms with E-state index < -0.39 is 0 Å². The van der Waals surface area contributed by atoms with Crippen molar-refractivity contribution in [2.24, 2.45) is 0 Å². The molecule has 0 heterocycles. The van der Waals surface area contributed by atoms with Crippen LogP contribution >= 0.6 is 0 Å². The quantitative estimate of drug-likeness (QED) is 0.528. The zero-order chi connectivity index (χ0) is 8.43. The molecule has 1 rings (SSSR count). The molecule has 0 saturated carbocycles. The zero-order valence-corrected chi connectivity index (χ0v) is 7.52. The van der Waals surface area contributed by atoms with E-state index in [4.69, 9.17) is 0 Å². The lowest BCUT2D eigenvalue weighted by Gasteiger charge is -2.20. The van der Waals surface area contributed by atoms with Crippen molar-refractivity contribution in [3.63, 3.8) is 0 Å². The molecule has 0 radical (unpaired) electrons. The summed E-state index contributed by atoms with van der Waals surface area (Å²) < 4.78 is 0. The summed E-state index contributed by atoms with van der Waals surface area (Å²) >= 11 is 0. The predicted octanol–water partition coefficient (Wildman–Crippen LogP) is 2.42. The fourth-order valence-corrected chi connectivity index (χ4v) is 1.31. The summed E-state index contributed by atoms with van der Waals surface area (Å²) in [5.41, 5.74) is 3.87. The Kier molecular flexibility index (Phi) is 2.50. The Balaban J connectivity index is 2.78. The van der Waals surface area contributed by atoms with E-state index in [2.05, 4.69) is 19.9 Å². The second kappa shape index (κ2) is 3.22. The lowest BCUT2D eigenvalue weighted by molar-refractivity contribution is 0.206. The molecule has 0 fully saturated rings. The molecule has 1 atom stereocenters. The van der Waals surface area contributed by atoms with Gasteiger partial charge in [0.05, 0.1) is 6.10 Å². The van der Waals surface area contributed by atoms with Gasteiger partial charge in [0.2, 0.25) is 0 Å². The highest BCUT2D eigenvalue weighted by atomic mass is 16.3. The Bertz CT molecular complexity index is 207. The molecule has 0 bridgehead atoms. The van der Waals surface area contributed by atoms with Gasteiger partial charge in [-0.05, 0) is 39.2 Å². The van der Waals surface area contributed by atoms with Crippen molar-refractivity contribution in [1.29, 1.82) is 0 Å². The average Bonchev–Trinajstić information content (AvgIpc) is 1.94. The lowest BCUT2D eigenvalue weighted by atomic mass is 9.91. The lowest BCUT2D eigenvalue weighted by Crippen LogP contribution is -2.13. The largest absolute Gasteiger partial charge is 0.388 e. The molecular formula is C10H16O. The van der Waals surface area contributed by atoms with Crippen LogP contribution in [0.4, 0.5) is 0 Å². The number of aliphatic hydroxyl groups is 1. The van der Waals surface area contributed by atoms with Gasteiger partial charge in [-0.1, -0.05) is 17.2 Å². The van der Waals surface area contributed by atoms with Crippen molar-refractivity contribution in [2.45, 2.75) is 39.7 Å². The molecule has 62 valence electrons. The summed E-state index contributed by atoms with van der Waals surface area (Å²) in [4.78, 5) is 0. The van der Waals surface area contributed by atoms with Crippen LogP contribution in [0.1, 0.15) is 33.6 Å². The van der Waals surface area contributed by atoms with Crippen LogP contribution < -0.4 is 0 Å². The first-order valence-corrected chi connectivity index (χ1v) is 4.11. The summed E-state index contributed by atoms with van der Waals surface area (Å²) in [6.45, 7) is 6.21. The SMILES string of the molecule is CC1=CCC(=C(C)C)CC1O. The Morgan fingerprint density at radius 1 is 1.55 bits per heavy atom. The van der Waals surface area contributed by atoms with E-state index in [9.17, 15) is 5.11 Å². The molecule has 0 spiro atoms. The van der Waals surface area contributed by atoms with Crippen molar-refractivity contribution in [1.82, 2.24) is 0 Å². The minimum absolute atomic E-state index is 0.228. The molecule has 1 N–H and O–H groups in total. The number of aliphatic hydroxyl groups excluding tert-OH is 1. The Labute approximate surface area is 68.4 Å². The van der Waals surface area contributed by atoms with E-state index in [1.54, 1.807) is 0 Å². The summed E-state index contributed by atoms with van der Waals surface area (Å²) in [6, 6.07) is 0. The molecule has 11 heavy (non-hydrogen) atoms. The summed E-state index contributed by atoms with van der Waals surface area (Å²) in [7, 11) is 0. The topological polar surface area (TPSA) is 20.2 Å². The van der Waals surface area contributed by atoms with Crippen LogP contribution in [0.25, 0.3) is 0 Å². The first-order valence-electron chi connectivity index (χ1n) is 4.11. The van der Waals surface area contributed by atoms with Crippen molar-refractivity contribution in [3.8, 4) is 0 Å². The van der Waals surface area contributed by atoms with Crippen molar-refractivity contribution < 1.29 is 5.11 Å². The van der Waals surface area contributed by atoms with Crippen LogP contribution in [0, 0.1) is 0 Å². The molecule has 1 nitrogen and oxygen atoms in total. The van der Waals surface area contributed by atoms with Crippen LogP contribution in [0.5, 0.6) is 0 Å². The van der Waals surface area contributed by atoms with E-state index in [-0.39, 0.29) is 6.10 Å². The number of allylic oxidation sites excluding steroid dienone is 2. The van der Waals surface area contributed by atoms with Gasteiger partial charge in [0.1, 0.15) is 0 Å².